The van der Waals surface area contributed by atoms with Gasteiger partial charge in [-0.1, -0.05) is 46.4 Å². The molecule has 0 aliphatic heterocycles. The van der Waals surface area contributed by atoms with Crippen molar-refractivity contribution < 1.29 is 60.7 Å². The molecule has 0 spiro atoms. The molecular weight excluding hydrogens is 589 g/mol. The average Bonchev–Trinajstić information content (AvgIpc) is 2.13. The molecule has 0 unspecified atom stereocenters. The Bertz CT molecular complexity index is 383. The molecule has 0 saturated heterocycles. The van der Waals surface area contributed by atoms with Gasteiger partial charge < -0.3 is 51.9 Å². The van der Waals surface area contributed by atoms with Crippen LogP contribution in [0.2, 0.25) is 0 Å². The average molecular weight is 599 g/mol. The number of hydrogen-bond acceptors (Lipinski definition) is 10. The number of halogens is 4. The standard InChI is InChI=1S/2C4H4Cl2O4.2H3N.Pt/c2*5-4(6,3(9)10)1-2(7)8;;;/h2*1H2,(H,7,8)(H,9,10);2*1H3;/q;;;;+4/p-4. The van der Waals surface area contributed by atoms with E-state index in [2.05, 4.69) is 0 Å². The van der Waals surface area contributed by atoms with Crippen LogP contribution in [0.4, 0.5) is 0 Å². The van der Waals surface area contributed by atoms with Gasteiger partial charge in [0.05, 0.1) is 11.9 Å². The van der Waals surface area contributed by atoms with Crippen LogP contribution < -0.4 is 32.7 Å². The van der Waals surface area contributed by atoms with Crippen molar-refractivity contribution in [1.29, 1.82) is 0 Å². The number of carbonyl (C=O) groups is 4. The van der Waals surface area contributed by atoms with Crippen molar-refractivity contribution in [2.45, 2.75) is 21.5 Å². The molecule has 0 fully saturated rings. The van der Waals surface area contributed by atoms with Gasteiger partial charge in [0.1, 0.15) is 0 Å². The first kappa shape index (κ1) is 34.1. The summed E-state index contributed by atoms with van der Waals surface area (Å²) in [7, 11) is 0. The van der Waals surface area contributed by atoms with Crippen LogP contribution in [-0.2, 0) is 40.2 Å². The Morgan fingerprint density at radius 3 is 0.870 bits per heavy atom. The maximum Gasteiger partial charge on any atom is 4.00 e. The molecule has 0 radical (unpaired) electrons. The SMILES string of the molecule is N.N.O=C([O-])CC(Cl)(Cl)C(=O)[O-].O=C([O-])CC(Cl)(Cl)C(=O)[O-].[Pt+4]. The Labute approximate surface area is 164 Å². The minimum Gasteiger partial charge on any atom is -0.550 e. The third-order valence-electron chi connectivity index (χ3n) is 1.33. The number of carboxylic acid groups (broad SMARTS) is 4. The van der Waals surface area contributed by atoms with Crippen molar-refractivity contribution in [1.82, 2.24) is 12.3 Å². The van der Waals surface area contributed by atoms with Crippen molar-refractivity contribution in [2.75, 3.05) is 0 Å². The van der Waals surface area contributed by atoms with E-state index >= 15 is 0 Å². The second kappa shape index (κ2) is 14.0. The second-order valence-electron chi connectivity index (χ2n) is 3.08. The molecule has 23 heavy (non-hydrogen) atoms. The smallest absolute Gasteiger partial charge is 0.550 e. The Hall–Kier alpha value is -0.352. The van der Waals surface area contributed by atoms with Crippen LogP contribution in [0.25, 0.3) is 0 Å². The zero-order valence-corrected chi connectivity index (χ0v) is 16.2. The van der Waals surface area contributed by atoms with Crippen LogP contribution in [0.5, 0.6) is 0 Å². The van der Waals surface area contributed by atoms with Gasteiger partial charge in [-0.2, -0.15) is 0 Å². The molecule has 0 heterocycles. The molecule has 0 aliphatic carbocycles. The van der Waals surface area contributed by atoms with E-state index in [1.807, 2.05) is 0 Å². The molecule has 0 bridgehead atoms. The number of hydrogen-bond donors (Lipinski definition) is 2. The third kappa shape index (κ3) is 17.8. The molecular formula is C8H10Cl4N2O8Pt. The monoisotopic (exact) mass is 597 g/mol. The van der Waals surface area contributed by atoms with Crippen LogP contribution >= 0.6 is 46.4 Å². The van der Waals surface area contributed by atoms with Gasteiger partial charge in [0.15, 0.2) is 8.67 Å². The maximum absolute atomic E-state index is 9.89. The molecule has 138 valence electrons. The summed E-state index contributed by atoms with van der Waals surface area (Å²) in [5.41, 5.74) is 0. The van der Waals surface area contributed by atoms with Crippen molar-refractivity contribution >= 4 is 70.3 Å². The van der Waals surface area contributed by atoms with E-state index in [9.17, 15) is 39.6 Å². The summed E-state index contributed by atoms with van der Waals surface area (Å²) in [5, 5.41) is 39.3. The third-order valence-corrected chi connectivity index (χ3v) is 2.48. The zero-order chi connectivity index (χ0) is 16.7. The molecule has 10 nitrogen and oxygen atoms in total. The largest absolute Gasteiger partial charge is 4.00 e. The van der Waals surface area contributed by atoms with Crippen LogP contribution in [-0.4, -0.2) is 32.5 Å². The zero-order valence-electron chi connectivity index (χ0n) is 10.9. The fourth-order valence-corrected chi connectivity index (χ4v) is 0.943. The van der Waals surface area contributed by atoms with E-state index in [-0.39, 0.29) is 33.4 Å². The summed E-state index contributed by atoms with van der Waals surface area (Å²) in [6.07, 6.45) is -1.98. The number of carboxylic acids is 4. The van der Waals surface area contributed by atoms with Crippen molar-refractivity contribution in [2.24, 2.45) is 0 Å². The normalized spacial score (nSPS) is 9.57. The van der Waals surface area contributed by atoms with Gasteiger partial charge in [-0.3, -0.25) is 0 Å². The molecule has 0 aromatic rings. The van der Waals surface area contributed by atoms with Gasteiger partial charge in [-0.05, 0) is 0 Å². The summed E-state index contributed by atoms with van der Waals surface area (Å²) >= 11 is 19.8. The number of alkyl halides is 4. The topological polar surface area (TPSA) is 231 Å². The Morgan fingerprint density at radius 2 is 0.826 bits per heavy atom. The Balaban J connectivity index is -0.0000000831. The molecule has 0 rings (SSSR count). The molecule has 0 saturated carbocycles. The predicted molar refractivity (Wildman–Crippen MR) is 68.2 cm³/mol. The van der Waals surface area contributed by atoms with Crippen LogP contribution in [0.15, 0.2) is 0 Å². The first-order valence-electron chi connectivity index (χ1n) is 4.30. The van der Waals surface area contributed by atoms with Crippen LogP contribution in [0, 0.1) is 0 Å². The first-order valence-corrected chi connectivity index (χ1v) is 5.81. The van der Waals surface area contributed by atoms with Crippen LogP contribution in [0.3, 0.4) is 0 Å². The number of carbonyl (C=O) groups excluding carboxylic acids is 4. The molecule has 0 aliphatic rings. The van der Waals surface area contributed by atoms with E-state index < -0.39 is 45.4 Å². The molecule has 15 heteroatoms. The van der Waals surface area contributed by atoms with E-state index in [0.29, 0.717) is 0 Å². The fraction of sp³-hybridized carbons (Fsp3) is 0.500. The van der Waals surface area contributed by atoms with E-state index in [1.54, 1.807) is 0 Å². The maximum atomic E-state index is 9.89. The summed E-state index contributed by atoms with van der Waals surface area (Å²) < 4.78 is -4.78. The summed E-state index contributed by atoms with van der Waals surface area (Å²) in [6, 6.07) is 0. The Morgan fingerprint density at radius 1 is 0.652 bits per heavy atom. The molecule has 6 N–H and O–H groups in total. The molecule has 0 atom stereocenters. The molecule has 0 aromatic carbocycles. The predicted octanol–water partition coefficient (Wildman–Crippen LogP) is -3.58. The quantitative estimate of drug-likeness (QED) is 0.285. The van der Waals surface area contributed by atoms with Gasteiger partial charge >= 0.3 is 21.1 Å². The van der Waals surface area contributed by atoms with Crippen LogP contribution in [0.1, 0.15) is 12.8 Å². The molecule has 0 amide bonds. The van der Waals surface area contributed by atoms with E-state index in [4.69, 9.17) is 46.4 Å². The minimum atomic E-state index is -2.39. The summed E-state index contributed by atoms with van der Waals surface area (Å²) in [4.78, 5) is 39.3. The van der Waals surface area contributed by atoms with E-state index in [0.717, 1.165) is 0 Å². The van der Waals surface area contributed by atoms with Gasteiger partial charge in [-0.25, -0.2) is 0 Å². The van der Waals surface area contributed by atoms with Gasteiger partial charge in [-0.15, -0.1) is 0 Å². The van der Waals surface area contributed by atoms with Gasteiger partial charge in [0, 0.05) is 24.8 Å². The van der Waals surface area contributed by atoms with Crippen molar-refractivity contribution in [3.63, 3.8) is 0 Å². The van der Waals surface area contributed by atoms with Gasteiger partial charge in [0.2, 0.25) is 0 Å². The first-order chi connectivity index (χ1) is 8.72. The summed E-state index contributed by atoms with van der Waals surface area (Å²) in [6.45, 7) is 0. The number of aliphatic carboxylic acids is 4. The second-order valence-corrected chi connectivity index (χ2v) is 6.05. The van der Waals surface area contributed by atoms with E-state index in [1.165, 1.54) is 0 Å². The summed E-state index contributed by atoms with van der Waals surface area (Å²) in [5.74, 6) is -6.98. The minimum absolute atomic E-state index is 0. The van der Waals surface area contributed by atoms with Crippen molar-refractivity contribution in [3.05, 3.63) is 0 Å². The molecule has 0 aromatic heterocycles. The van der Waals surface area contributed by atoms with Gasteiger partial charge in [0.25, 0.3) is 0 Å². The number of rotatable bonds is 6. The Kier molecular flexibility index (Phi) is 20.8. The van der Waals surface area contributed by atoms with Crippen molar-refractivity contribution in [3.8, 4) is 0 Å². The fourth-order valence-electron chi connectivity index (χ4n) is 0.507.